The largest absolute Gasteiger partial charge is 0.495 e. The lowest BCUT2D eigenvalue weighted by molar-refractivity contribution is -0.121. The van der Waals surface area contributed by atoms with Crippen LogP contribution in [-0.2, 0) is 4.79 Å². The molecule has 1 saturated heterocycles. The molecule has 0 radical (unpaired) electrons. The molecule has 1 fully saturated rings. The monoisotopic (exact) mass is 454 g/mol. The van der Waals surface area contributed by atoms with E-state index in [4.69, 9.17) is 18.9 Å². The van der Waals surface area contributed by atoms with E-state index in [1.54, 1.807) is 28.4 Å². The van der Waals surface area contributed by atoms with Crippen molar-refractivity contribution < 1.29 is 23.7 Å². The van der Waals surface area contributed by atoms with Crippen LogP contribution < -0.4 is 24.3 Å². The summed E-state index contributed by atoms with van der Waals surface area (Å²) in [7, 11) is 8.48. The minimum atomic E-state index is 0.0195. The zero-order valence-corrected chi connectivity index (χ0v) is 20.4. The first-order valence-corrected chi connectivity index (χ1v) is 11.1. The molecule has 1 heterocycles. The summed E-state index contributed by atoms with van der Waals surface area (Å²) < 4.78 is 21.9. The van der Waals surface area contributed by atoms with E-state index in [1.807, 2.05) is 43.3 Å². The van der Waals surface area contributed by atoms with E-state index in [0.29, 0.717) is 28.7 Å². The number of hydrogen-bond acceptors (Lipinski definition) is 6. The van der Waals surface area contributed by atoms with Crippen molar-refractivity contribution in [3.8, 4) is 23.0 Å². The van der Waals surface area contributed by atoms with E-state index in [0.717, 1.165) is 42.6 Å². The molecule has 0 atom stereocenters. The molecule has 0 aliphatic carbocycles. The number of ether oxygens (including phenoxy) is 4. The predicted octanol–water partition coefficient (Wildman–Crippen LogP) is 4.56. The van der Waals surface area contributed by atoms with Gasteiger partial charge in [-0.25, -0.2) is 0 Å². The van der Waals surface area contributed by atoms with Gasteiger partial charge < -0.3 is 29.2 Å². The molecule has 0 bridgehead atoms. The molecular weight excluding hydrogens is 420 g/mol. The van der Waals surface area contributed by atoms with Gasteiger partial charge in [0.15, 0.2) is 11.5 Å². The first-order chi connectivity index (χ1) is 15.9. The van der Waals surface area contributed by atoms with Crippen molar-refractivity contribution in [1.82, 2.24) is 4.90 Å². The Hall–Kier alpha value is -3.19. The van der Waals surface area contributed by atoms with Crippen LogP contribution in [0.25, 0.3) is 11.6 Å². The summed E-state index contributed by atoms with van der Waals surface area (Å²) in [6, 6.07) is 9.61. The summed E-state index contributed by atoms with van der Waals surface area (Å²) in [5.74, 6) is 2.45. The molecule has 0 aromatic heterocycles. The van der Waals surface area contributed by atoms with Gasteiger partial charge in [-0.1, -0.05) is 12.1 Å². The number of carbonyl (C=O) groups is 1. The third kappa shape index (κ3) is 5.79. The van der Waals surface area contributed by atoms with Gasteiger partial charge >= 0.3 is 0 Å². The highest BCUT2D eigenvalue weighted by atomic mass is 16.5. The van der Waals surface area contributed by atoms with Crippen molar-refractivity contribution in [2.75, 3.05) is 53.9 Å². The van der Waals surface area contributed by atoms with Gasteiger partial charge in [-0.05, 0) is 80.9 Å². The maximum absolute atomic E-state index is 12.9. The van der Waals surface area contributed by atoms with Gasteiger partial charge in [0, 0.05) is 5.92 Å². The molecule has 1 amide bonds. The Labute approximate surface area is 196 Å². The minimum absolute atomic E-state index is 0.0195. The van der Waals surface area contributed by atoms with E-state index in [2.05, 4.69) is 17.3 Å². The molecule has 3 rings (SSSR count). The Morgan fingerprint density at radius 3 is 2.09 bits per heavy atom. The summed E-state index contributed by atoms with van der Waals surface area (Å²) in [4.78, 5) is 15.1. The SMILES string of the molecule is COc1ccc(C=C(C)c2cc(OC)c(OC)c(OC)c2)cc1NC(=O)C1CCN(C)CC1. The first-order valence-electron chi connectivity index (χ1n) is 11.1. The molecule has 2 aromatic carbocycles. The standard InChI is InChI=1S/C26H34N2O5/c1-17(20-15-23(31-4)25(33-6)24(16-20)32-5)13-18-7-8-22(30-3)21(14-18)27-26(29)19-9-11-28(2)12-10-19/h7-8,13-16,19H,9-12H2,1-6H3,(H,27,29). The van der Waals surface area contributed by atoms with Crippen LogP contribution in [0, 0.1) is 5.92 Å². The number of benzene rings is 2. The Morgan fingerprint density at radius 1 is 0.939 bits per heavy atom. The number of nitrogens with zero attached hydrogens (tertiary/aromatic N) is 1. The maximum Gasteiger partial charge on any atom is 0.227 e. The summed E-state index contributed by atoms with van der Waals surface area (Å²) >= 11 is 0. The normalized spacial score (nSPS) is 15.2. The molecule has 178 valence electrons. The van der Waals surface area contributed by atoms with Crippen LogP contribution in [0.5, 0.6) is 23.0 Å². The number of rotatable bonds is 8. The number of carbonyl (C=O) groups excluding carboxylic acids is 1. The lowest BCUT2D eigenvalue weighted by atomic mass is 9.96. The highest BCUT2D eigenvalue weighted by molar-refractivity contribution is 5.95. The van der Waals surface area contributed by atoms with Crippen molar-refractivity contribution in [3.05, 3.63) is 41.5 Å². The van der Waals surface area contributed by atoms with Crippen LogP contribution >= 0.6 is 0 Å². The average Bonchev–Trinajstić information content (AvgIpc) is 2.83. The lowest BCUT2D eigenvalue weighted by Crippen LogP contribution is -2.35. The third-order valence-corrected chi connectivity index (χ3v) is 6.07. The number of likely N-dealkylation sites (tertiary alicyclic amines) is 1. The Kier molecular flexibility index (Phi) is 8.22. The minimum Gasteiger partial charge on any atom is -0.495 e. The second kappa shape index (κ2) is 11.1. The van der Waals surface area contributed by atoms with Crippen LogP contribution in [0.4, 0.5) is 5.69 Å². The summed E-state index contributed by atoms with van der Waals surface area (Å²) in [6.45, 7) is 3.89. The fourth-order valence-electron chi connectivity index (χ4n) is 4.06. The molecule has 7 heteroatoms. The number of nitrogens with one attached hydrogen (secondary N) is 1. The van der Waals surface area contributed by atoms with Gasteiger partial charge in [-0.15, -0.1) is 0 Å². The molecule has 0 spiro atoms. The number of methoxy groups -OCH3 is 4. The summed E-state index contributed by atoms with van der Waals surface area (Å²) in [6.07, 6.45) is 3.78. The molecule has 7 nitrogen and oxygen atoms in total. The predicted molar refractivity (Wildman–Crippen MR) is 131 cm³/mol. The fraction of sp³-hybridized carbons (Fsp3) is 0.423. The first kappa shape index (κ1) is 24.5. The molecule has 1 aliphatic rings. The summed E-state index contributed by atoms with van der Waals surface area (Å²) in [5, 5.41) is 3.08. The lowest BCUT2D eigenvalue weighted by Gasteiger charge is -2.28. The van der Waals surface area contributed by atoms with Gasteiger partial charge in [0.2, 0.25) is 11.7 Å². The number of amides is 1. The Balaban J connectivity index is 1.87. The van der Waals surface area contributed by atoms with Gasteiger partial charge in [0.05, 0.1) is 34.1 Å². The maximum atomic E-state index is 12.9. The molecule has 2 aromatic rings. The molecule has 33 heavy (non-hydrogen) atoms. The number of hydrogen-bond donors (Lipinski definition) is 1. The van der Waals surface area contributed by atoms with E-state index < -0.39 is 0 Å². The van der Waals surface area contributed by atoms with Crippen molar-refractivity contribution in [1.29, 1.82) is 0 Å². The quantitative estimate of drug-likeness (QED) is 0.590. The van der Waals surface area contributed by atoms with Crippen molar-refractivity contribution in [3.63, 3.8) is 0 Å². The van der Waals surface area contributed by atoms with Gasteiger partial charge in [0.1, 0.15) is 5.75 Å². The van der Waals surface area contributed by atoms with Gasteiger partial charge in [0.25, 0.3) is 0 Å². The highest BCUT2D eigenvalue weighted by Crippen LogP contribution is 2.40. The molecule has 1 aliphatic heterocycles. The molecule has 0 saturated carbocycles. The Bertz CT molecular complexity index is 985. The number of anilines is 1. The molecule has 0 unspecified atom stereocenters. The topological polar surface area (TPSA) is 69.3 Å². The number of allylic oxidation sites excluding steroid dienone is 1. The van der Waals surface area contributed by atoms with Crippen LogP contribution in [0.3, 0.4) is 0 Å². The molecule has 1 N–H and O–H groups in total. The second-order valence-electron chi connectivity index (χ2n) is 8.27. The van der Waals surface area contributed by atoms with Crippen LogP contribution in [0.2, 0.25) is 0 Å². The van der Waals surface area contributed by atoms with Crippen molar-refractivity contribution in [2.24, 2.45) is 5.92 Å². The van der Waals surface area contributed by atoms with E-state index in [1.165, 1.54) is 0 Å². The van der Waals surface area contributed by atoms with Crippen molar-refractivity contribution >= 4 is 23.2 Å². The zero-order valence-electron chi connectivity index (χ0n) is 20.4. The second-order valence-corrected chi connectivity index (χ2v) is 8.27. The van der Waals surface area contributed by atoms with Gasteiger partial charge in [-0.3, -0.25) is 4.79 Å². The van der Waals surface area contributed by atoms with Crippen LogP contribution in [-0.4, -0.2) is 59.4 Å². The zero-order chi connectivity index (χ0) is 24.0. The Morgan fingerprint density at radius 2 is 1.55 bits per heavy atom. The average molecular weight is 455 g/mol. The van der Waals surface area contributed by atoms with Crippen LogP contribution in [0.15, 0.2) is 30.3 Å². The van der Waals surface area contributed by atoms with Gasteiger partial charge in [-0.2, -0.15) is 0 Å². The summed E-state index contributed by atoms with van der Waals surface area (Å²) in [5.41, 5.74) is 3.57. The fourth-order valence-corrected chi connectivity index (χ4v) is 4.06. The van der Waals surface area contributed by atoms with Crippen molar-refractivity contribution in [2.45, 2.75) is 19.8 Å². The van der Waals surface area contributed by atoms with E-state index in [-0.39, 0.29) is 11.8 Å². The third-order valence-electron chi connectivity index (χ3n) is 6.07. The van der Waals surface area contributed by atoms with E-state index in [9.17, 15) is 4.79 Å². The highest BCUT2D eigenvalue weighted by Gasteiger charge is 2.24. The van der Waals surface area contributed by atoms with E-state index >= 15 is 0 Å². The van der Waals surface area contributed by atoms with Crippen LogP contribution in [0.1, 0.15) is 30.9 Å². The smallest absolute Gasteiger partial charge is 0.227 e. The molecular formula is C26H34N2O5. The number of piperidine rings is 1.